The van der Waals surface area contributed by atoms with Crippen molar-refractivity contribution in [1.82, 2.24) is 0 Å². The van der Waals surface area contributed by atoms with Gasteiger partial charge in [-0.15, -0.1) is 0 Å². The fourth-order valence-corrected chi connectivity index (χ4v) is 1.33. The lowest BCUT2D eigenvalue weighted by Gasteiger charge is -2.00. The molecule has 1 amide bonds. The number of carbonyl (C=O) groups excluding carboxylic acids is 1. The third-order valence-corrected chi connectivity index (χ3v) is 2.17. The van der Waals surface area contributed by atoms with Crippen molar-refractivity contribution in [2.45, 2.75) is 0 Å². The normalized spacial score (nSPS) is 10.8. The summed E-state index contributed by atoms with van der Waals surface area (Å²) in [6.07, 6.45) is 1.24. The summed E-state index contributed by atoms with van der Waals surface area (Å²) in [7, 11) is 0. The van der Waals surface area contributed by atoms with Crippen LogP contribution in [0.1, 0.15) is 5.56 Å². The molecule has 0 saturated carbocycles. The standard InChI is InChI=1S/C10H7BrN2O2/c11-8-1-2-9(14)6(4-8)3-7(5-12)10(13)15/h1-4,14H,(H2,13,15). The van der Waals surface area contributed by atoms with E-state index in [4.69, 9.17) is 11.0 Å². The van der Waals surface area contributed by atoms with E-state index >= 15 is 0 Å². The molecule has 15 heavy (non-hydrogen) atoms. The third kappa shape index (κ3) is 2.82. The number of halogens is 1. The van der Waals surface area contributed by atoms with Gasteiger partial charge >= 0.3 is 0 Å². The maximum absolute atomic E-state index is 10.8. The van der Waals surface area contributed by atoms with E-state index in [-0.39, 0.29) is 11.3 Å². The molecule has 1 aromatic rings. The predicted molar refractivity (Wildman–Crippen MR) is 58.6 cm³/mol. The first-order chi connectivity index (χ1) is 7.04. The molecule has 0 aliphatic carbocycles. The summed E-state index contributed by atoms with van der Waals surface area (Å²) >= 11 is 3.21. The number of phenolic OH excluding ortho intramolecular Hbond substituents is 1. The average molecular weight is 267 g/mol. The van der Waals surface area contributed by atoms with Crippen LogP contribution < -0.4 is 5.73 Å². The lowest BCUT2D eigenvalue weighted by Crippen LogP contribution is -2.12. The quantitative estimate of drug-likeness (QED) is 0.629. The van der Waals surface area contributed by atoms with Gasteiger partial charge < -0.3 is 10.8 Å². The van der Waals surface area contributed by atoms with E-state index in [1.165, 1.54) is 12.1 Å². The molecule has 76 valence electrons. The molecule has 0 heterocycles. The van der Waals surface area contributed by atoms with Crippen molar-refractivity contribution in [3.05, 3.63) is 33.8 Å². The number of hydrogen-bond acceptors (Lipinski definition) is 3. The zero-order valence-electron chi connectivity index (χ0n) is 7.57. The Morgan fingerprint density at radius 2 is 2.27 bits per heavy atom. The summed E-state index contributed by atoms with van der Waals surface area (Å²) in [5.41, 5.74) is 5.12. The monoisotopic (exact) mass is 266 g/mol. The Labute approximate surface area is 94.8 Å². The van der Waals surface area contributed by atoms with E-state index in [9.17, 15) is 9.90 Å². The largest absolute Gasteiger partial charge is 0.507 e. The van der Waals surface area contributed by atoms with Crippen LogP contribution in [0.4, 0.5) is 0 Å². The average Bonchev–Trinajstić information content (AvgIpc) is 2.18. The number of nitriles is 1. The van der Waals surface area contributed by atoms with Crippen LogP contribution in [0.25, 0.3) is 6.08 Å². The van der Waals surface area contributed by atoms with Crippen LogP contribution in [0.2, 0.25) is 0 Å². The second-order valence-corrected chi connectivity index (χ2v) is 3.65. The van der Waals surface area contributed by atoms with Crippen LogP contribution in [-0.2, 0) is 4.79 Å². The summed E-state index contributed by atoms with van der Waals surface area (Å²) in [5, 5.41) is 18.0. The van der Waals surface area contributed by atoms with Crippen LogP contribution in [-0.4, -0.2) is 11.0 Å². The van der Waals surface area contributed by atoms with Crippen LogP contribution in [0, 0.1) is 11.3 Å². The Morgan fingerprint density at radius 1 is 1.60 bits per heavy atom. The molecule has 0 aliphatic rings. The fraction of sp³-hybridized carbons (Fsp3) is 0. The minimum absolute atomic E-state index is 0.0211. The molecule has 0 spiro atoms. The minimum atomic E-state index is -0.822. The molecule has 4 nitrogen and oxygen atoms in total. The number of benzene rings is 1. The Kier molecular flexibility index (Phi) is 3.47. The van der Waals surface area contributed by atoms with Crippen molar-refractivity contribution in [2.24, 2.45) is 5.73 Å². The number of nitrogens with two attached hydrogens (primary N) is 1. The minimum Gasteiger partial charge on any atom is -0.507 e. The van der Waals surface area contributed by atoms with Gasteiger partial charge in [-0.3, -0.25) is 4.79 Å². The molecular formula is C10H7BrN2O2. The zero-order chi connectivity index (χ0) is 11.4. The van der Waals surface area contributed by atoms with E-state index in [1.54, 1.807) is 18.2 Å². The van der Waals surface area contributed by atoms with Gasteiger partial charge in [0.1, 0.15) is 17.4 Å². The summed E-state index contributed by atoms with van der Waals surface area (Å²) in [6, 6.07) is 6.33. The van der Waals surface area contributed by atoms with E-state index in [2.05, 4.69) is 15.9 Å². The van der Waals surface area contributed by atoms with Gasteiger partial charge in [0.05, 0.1) is 0 Å². The Hall–Kier alpha value is -1.80. The summed E-state index contributed by atoms with van der Waals surface area (Å²) in [5.74, 6) is -0.843. The van der Waals surface area contributed by atoms with Crippen LogP contribution in [0.5, 0.6) is 5.75 Å². The molecule has 1 aromatic carbocycles. The third-order valence-electron chi connectivity index (χ3n) is 1.68. The highest BCUT2D eigenvalue weighted by molar-refractivity contribution is 9.10. The second-order valence-electron chi connectivity index (χ2n) is 2.74. The highest BCUT2D eigenvalue weighted by Gasteiger charge is 2.06. The number of primary amides is 1. The first-order valence-corrected chi connectivity index (χ1v) is 4.74. The van der Waals surface area contributed by atoms with Crippen molar-refractivity contribution < 1.29 is 9.90 Å². The molecule has 0 unspecified atom stereocenters. The van der Waals surface area contributed by atoms with Crippen LogP contribution >= 0.6 is 15.9 Å². The summed E-state index contributed by atoms with van der Waals surface area (Å²) < 4.78 is 0.730. The van der Waals surface area contributed by atoms with Crippen LogP contribution in [0.3, 0.4) is 0 Å². The lowest BCUT2D eigenvalue weighted by atomic mass is 10.1. The molecule has 0 aromatic heterocycles. The predicted octanol–water partition coefficient (Wildman–Crippen LogP) is 1.55. The molecule has 0 saturated heterocycles. The highest BCUT2D eigenvalue weighted by atomic mass is 79.9. The molecule has 0 atom stereocenters. The Bertz CT molecular complexity index is 475. The van der Waals surface area contributed by atoms with Crippen molar-refractivity contribution in [1.29, 1.82) is 5.26 Å². The molecule has 0 bridgehead atoms. The summed E-state index contributed by atoms with van der Waals surface area (Å²) in [4.78, 5) is 10.8. The van der Waals surface area contributed by atoms with E-state index in [0.717, 1.165) is 4.47 Å². The van der Waals surface area contributed by atoms with Gasteiger partial charge in [0, 0.05) is 10.0 Å². The maximum Gasteiger partial charge on any atom is 0.259 e. The van der Waals surface area contributed by atoms with Gasteiger partial charge in [-0.1, -0.05) is 15.9 Å². The van der Waals surface area contributed by atoms with E-state index in [0.29, 0.717) is 5.56 Å². The number of rotatable bonds is 2. The van der Waals surface area contributed by atoms with E-state index < -0.39 is 5.91 Å². The van der Waals surface area contributed by atoms with Gasteiger partial charge in [0.15, 0.2) is 0 Å². The maximum atomic E-state index is 10.8. The van der Waals surface area contributed by atoms with Gasteiger partial charge in [0.2, 0.25) is 0 Å². The molecular weight excluding hydrogens is 260 g/mol. The van der Waals surface area contributed by atoms with Gasteiger partial charge in [-0.2, -0.15) is 5.26 Å². The van der Waals surface area contributed by atoms with Crippen molar-refractivity contribution in [2.75, 3.05) is 0 Å². The summed E-state index contributed by atoms with van der Waals surface area (Å²) in [6.45, 7) is 0. The molecule has 3 N–H and O–H groups in total. The van der Waals surface area contributed by atoms with Crippen molar-refractivity contribution in [3.63, 3.8) is 0 Å². The Balaban J connectivity index is 3.23. The van der Waals surface area contributed by atoms with Gasteiger partial charge in [0.25, 0.3) is 5.91 Å². The molecule has 0 fully saturated rings. The van der Waals surface area contributed by atoms with Gasteiger partial charge in [-0.05, 0) is 24.3 Å². The fourth-order valence-electron chi connectivity index (χ4n) is 0.955. The van der Waals surface area contributed by atoms with Crippen molar-refractivity contribution in [3.8, 4) is 11.8 Å². The first kappa shape index (κ1) is 11.3. The molecule has 0 aliphatic heterocycles. The highest BCUT2D eigenvalue weighted by Crippen LogP contribution is 2.23. The van der Waals surface area contributed by atoms with Gasteiger partial charge in [-0.25, -0.2) is 0 Å². The number of hydrogen-bond donors (Lipinski definition) is 2. The van der Waals surface area contributed by atoms with Crippen molar-refractivity contribution >= 4 is 27.9 Å². The smallest absolute Gasteiger partial charge is 0.259 e. The number of phenols is 1. The number of amides is 1. The zero-order valence-corrected chi connectivity index (χ0v) is 9.15. The SMILES string of the molecule is N#CC(=Cc1cc(Br)ccc1O)C(N)=O. The lowest BCUT2D eigenvalue weighted by molar-refractivity contribution is -0.114. The molecule has 1 rings (SSSR count). The van der Waals surface area contributed by atoms with Crippen LogP contribution in [0.15, 0.2) is 28.2 Å². The molecule has 5 heteroatoms. The number of aromatic hydroxyl groups is 1. The molecule has 0 radical (unpaired) electrons. The second kappa shape index (κ2) is 4.62. The topological polar surface area (TPSA) is 87.1 Å². The Morgan fingerprint density at radius 3 is 2.80 bits per heavy atom. The number of nitrogens with zero attached hydrogens (tertiary/aromatic N) is 1. The number of carbonyl (C=O) groups is 1. The first-order valence-electron chi connectivity index (χ1n) is 3.94. The van der Waals surface area contributed by atoms with E-state index in [1.807, 2.05) is 0 Å².